The van der Waals surface area contributed by atoms with Crippen molar-refractivity contribution in [2.45, 2.75) is 57.4 Å². The molecule has 5 heteroatoms. The van der Waals surface area contributed by atoms with Crippen LogP contribution in [0.2, 0.25) is 0 Å². The number of hydrogen-bond acceptors (Lipinski definition) is 2. The van der Waals surface area contributed by atoms with E-state index < -0.39 is 0 Å². The number of rotatable bonds is 4. The van der Waals surface area contributed by atoms with Gasteiger partial charge in [-0.2, -0.15) is 0 Å². The predicted octanol–water partition coefficient (Wildman–Crippen LogP) is 3.02. The molecule has 1 aromatic rings. The lowest BCUT2D eigenvalue weighted by Crippen LogP contribution is -2.39. The molecule has 0 aliphatic heterocycles. The molecular weight excluding hydrogens is 274 g/mol. The van der Waals surface area contributed by atoms with E-state index in [-0.39, 0.29) is 24.2 Å². The average molecular weight is 298 g/mol. The van der Waals surface area contributed by atoms with Crippen molar-refractivity contribution in [3.05, 3.63) is 18.2 Å². The summed E-state index contributed by atoms with van der Waals surface area (Å²) in [4.78, 5) is 19.4. The summed E-state index contributed by atoms with van der Waals surface area (Å²) in [7, 11) is 0. The Bertz CT molecular complexity index is 428. The largest absolute Gasteiger partial charge is 0.353 e. The molecule has 1 aromatic heterocycles. The number of aromatic amines is 1. The summed E-state index contributed by atoms with van der Waals surface area (Å²) in [6, 6.07) is 0.327. The van der Waals surface area contributed by atoms with E-state index in [0.29, 0.717) is 17.9 Å². The van der Waals surface area contributed by atoms with Gasteiger partial charge in [0.05, 0.1) is 12.0 Å². The van der Waals surface area contributed by atoms with E-state index in [2.05, 4.69) is 22.2 Å². The summed E-state index contributed by atoms with van der Waals surface area (Å²) in [6.45, 7) is 2.17. The molecule has 112 valence electrons. The van der Waals surface area contributed by atoms with Crippen LogP contribution in [-0.2, 0) is 4.79 Å². The Balaban J connectivity index is 0.00000147. The molecule has 0 spiro atoms. The van der Waals surface area contributed by atoms with Gasteiger partial charge in [-0.05, 0) is 32.1 Å². The minimum atomic E-state index is 0. The highest BCUT2D eigenvalue weighted by Crippen LogP contribution is 2.46. The number of imidazole rings is 1. The summed E-state index contributed by atoms with van der Waals surface area (Å²) in [5, 5.41) is 3.23. The van der Waals surface area contributed by atoms with E-state index >= 15 is 0 Å². The van der Waals surface area contributed by atoms with Crippen LogP contribution < -0.4 is 5.32 Å². The number of hydrogen-bond donors (Lipinski definition) is 2. The second-order valence-corrected chi connectivity index (χ2v) is 6.14. The number of carbonyl (C=O) groups is 1. The van der Waals surface area contributed by atoms with Crippen molar-refractivity contribution in [2.24, 2.45) is 11.8 Å². The molecule has 2 aliphatic carbocycles. The molecule has 0 bridgehead atoms. The summed E-state index contributed by atoms with van der Waals surface area (Å²) >= 11 is 0. The van der Waals surface area contributed by atoms with Gasteiger partial charge in [0, 0.05) is 24.1 Å². The van der Waals surface area contributed by atoms with Crippen LogP contribution in [0.1, 0.15) is 57.1 Å². The van der Waals surface area contributed by atoms with Crippen molar-refractivity contribution in [3.63, 3.8) is 0 Å². The van der Waals surface area contributed by atoms with Crippen molar-refractivity contribution < 1.29 is 4.79 Å². The molecule has 2 N–H and O–H groups in total. The van der Waals surface area contributed by atoms with E-state index in [9.17, 15) is 4.79 Å². The van der Waals surface area contributed by atoms with E-state index in [0.717, 1.165) is 12.1 Å². The highest BCUT2D eigenvalue weighted by atomic mass is 35.5. The number of amides is 1. The summed E-state index contributed by atoms with van der Waals surface area (Å²) in [6.07, 6.45) is 11.1. The molecule has 0 aromatic carbocycles. The van der Waals surface area contributed by atoms with Crippen LogP contribution in [0.15, 0.2) is 12.5 Å². The maximum Gasteiger partial charge on any atom is 0.224 e. The topological polar surface area (TPSA) is 57.8 Å². The fourth-order valence-corrected chi connectivity index (χ4v) is 3.37. The zero-order valence-corrected chi connectivity index (χ0v) is 12.8. The monoisotopic (exact) mass is 297 g/mol. The lowest BCUT2D eigenvalue weighted by molar-refractivity contribution is -0.123. The first-order chi connectivity index (χ1) is 9.25. The Morgan fingerprint density at radius 1 is 1.40 bits per heavy atom. The fraction of sp³-hybridized carbons (Fsp3) is 0.733. The number of halogens is 1. The summed E-state index contributed by atoms with van der Waals surface area (Å²) in [5.41, 5.74) is 1.03. The highest BCUT2D eigenvalue weighted by Gasteiger charge is 2.45. The lowest BCUT2D eigenvalue weighted by atomic mass is 9.84. The first-order valence-corrected chi connectivity index (χ1v) is 7.54. The quantitative estimate of drug-likeness (QED) is 0.897. The zero-order valence-electron chi connectivity index (χ0n) is 12.0. The van der Waals surface area contributed by atoms with Gasteiger partial charge in [0.15, 0.2) is 0 Å². The Kier molecular flexibility index (Phi) is 5.08. The third-order valence-electron chi connectivity index (χ3n) is 4.75. The number of H-pyrrole nitrogens is 1. The molecular formula is C15H24ClN3O. The van der Waals surface area contributed by atoms with Gasteiger partial charge in [-0.25, -0.2) is 4.98 Å². The van der Waals surface area contributed by atoms with Crippen LogP contribution in [0, 0.1) is 11.8 Å². The van der Waals surface area contributed by atoms with Crippen LogP contribution in [0.5, 0.6) is 0 Å². The molecule has 20 heavy (non-hydrogen) atoms. The number of nitrogens with zero attached hydrogens (tertiary/aromatic N) is 1. The third-order valence-corrected chi connectivity index (χ3v) is 4.75. The first kappa shape index (κ1) is 15.4. The molecule has 3 atom stereocenters. The standard InChI is InChI=1S/C15H23N3O.ClH/c1-10(11-5-3-2-4-6-11)18-15(19)13-7-12(13)14-8-16-9-17-14;/h8-13H,2-7H2,1H3,(H,16,17)(H,18,19);1H/t10-,12+,13?;/m1./s1. The second kappa shape index (κ2) is 6.61. The zero-order chi connectivity index (χ0) is 13.2. The van der Waals surface area contributed by atoms with Gasteiger partial charge in [-0.3, -0.25) is 4.79 Å². The smallest absolute Gasteiger partial charge is 0.224 e. The summed E-state index contributed by atoms with van der Waals surface area (Å²) in [5.74, 6) is 1.39. The van der Waals surface area contributed by atoms with Gasteiger partial charge in [0.25, 0.3) is 0 Å². The molecule has 1 unspecified atom stereocenters. The number of carbonyl (C=O) groups excluding carboxylic acids is 1. The number of aromatic nitrogens is 2. The summed E-state index contributed by atoms with van der Waals surface area (Å²) < 4.78 is 0. The Morgan fingerprint density at radius 3 is 2.80 bits per heavy atom. The molecule has 2 aliphatic rings. The minimum absolute atomic E-state index is 0. The van der Waals surface area contributed by atoms with E-state index in [4.69, 9.17) is 0 Å². The van der Waals surface area contributed by atoms with Crippen LogP contribution >= 0.6 is 12.4 Å². The van der Waals surface area contributed by atoms with Crippen LogP contribution in [0.25, 0.3) is 0 Å². The molecule has 1 heterocycles. The van der Waals surface area contributed by atoms with E-state index in [1.807, 2.05) is 6.20 Å². The Hall–Kier alpha value is -1.03. The maximum absolute atomic E-state index is 12.2. The Labute approximate surface area is 126 Å². The molecule has 3 rings (SSSR count). The molecule has 2 saturated carbocycles. The van der Waals surface area contributed by atoms with Crippen molar-refractivity contribution in [1.82, 2.24) is 15.3 Å². The molecule has 0 saturated heterocycles. The first-order valence-electron chi connectivity index (χ1n) is 7.54. The van der Waals surface area contributed by atoms with Crippen molar-refractivity contribution >= 4 is 18.3 Å². The van der Waals surface area contributed by atoms with Crippen LogP contribution in [0.3, 0.4) is 0 Å². The normalized spacial score (nSPS) is 27.4. The van der Waals surface area contributed by atoms with Crippen LogP contribution in [0.4, 0.5) is 0 Å². The molecule has 0 radical (unpaired) electrons. The second-order valence-electron chi connectivity index (χ2n) is 6.14. The molecule has 1 amide bonds. The van der Waals surface area contributed by atoms with Crippen LogP contribution in [-0.4, -0.2) is 21.9 Å². The maximum atomic E-state index is 12.2. The predicted molar refractivity (Wildman–Crippen MR) is 80.9 cm³/mol. The SMILES string of the molecule is C[C@@H](NC(=O)C1C[C@@H]1c1c[nH]cn1)C1CCCCC1.Cl. The van der Waals surface area contributed by atoms with Gasteiger partial charge in [-0.1, -0.05) is 19.3 Å². The number of nitrogens with one attached hydrogen (secondary N) is 2. The van der Waals surface area contributed by atoms with Crippen molar-refractivity contribution in [2.75, 3.05) is 0 Å². The van der Waals surface area contributed by atoms with Crippen molar-refractivity contribution in [3.8, 4) is 0 Å². The lowest BCUT2D eigenvalue weighted by Gasteiger charge is -2.28. The third kappa shape index (κ3) is 3.35. The molecule has 2 fully saturated rings. The fourth-order valence-electron chi connectivity index (χ4n) is 3.37. The van der Waals surface area contributed by atoms with Gasteiger partial charge in [-0.15, -0.1) is 12.4 Å². The Morgan fingerprint density at radius 2 is 2.15 bits per heavy atom. The molecule has 4 nitrogen and oxygen atoms in total. The minimum Gasteiger partial charge on any atom is -0.353 e. The van der Waals surface area contributed by atoms with Gasteiger partial charge in [0.1, 0.15) is 0 Å². The van der Waals surface area contributed by atoms with E-state index in [1.54, 1.807) is 6.33 Å². The van der Waals surface area contributed by atoms with Gasteiger partial charge in [0.2, 0.25) is 5.91 Å². The van der Waals surface area contributed by atoms with Gasteiger partial charge >= 0.3 is 0 Å². The van der Waals surface area contributed by atoms with Gasteiger partial charge < -0.3 is 10.3 Å². The average Bonchev–Trinajstić information content (AvgIpc) is 3.06. The van der Waals surface area contributed by atoms with Crippen molar-refractivity contribution in [1.29, 1.82) is 0 Å². The highest BCUT2D eigenvalue weighted by molar-refractivity contribution is 5.85. The van der Waals surface area contributed by atoms with E-state index in [1.165, 1.54) is 32.1 Å².